The minimum absolute atomic E-state index is 0.0937. The zero-order valence-electron chi connectivity index (χ0n) is 12.4. The number of carbonyl (C=O) groups excluding carboxylic acids is 1. The Balaban J connectivity index is 2.35. The van der Waals surface area contributed by atoms with Crippen molar-refractivity contribution >= 4 is 5.97 Å². The van der Waals surface area contributed by atoms with Gasteiger partial charge >= 0.3 is 5.97 Å². The Hall–Kier alpha value is -1.71. The summed E-state index contributed by atoms with van der Waals surface area (Å²) in [4.78, 5) is 11.4. The molecule has 1 aromatic rings. The number of rotatable bonds is 9. The van der Waals surface area contributed by atoms with Crippen LogP contribution in [0.2, 0.25) is 0 Å². The van der Waals surface area contributed by atoms with Crippen LogP contribution in [-0.2, 0) is 4.74 Å². The molecule has 0 bridgehead atoms. The summed E-state index contributed by atoms with van der Waals surface area (Å²) in [5.41, 5.74) is 0.132. The molecule has 0 aliphatic heterocycles. The SMILES string of the molecule is CCCCCCCCOc1ccc(O)c(C(=O)OC)c1. The van der Waals surface area contributed by atoms with Crippen molar-refractivity contribution in [2.75, 3.05) is 13.7 Å². The second kappa shape index (κ2) is 9.23. The third-order valence-corrected chi connectivity index (χ3v) is 3.14. The first kappa shape index (κ1) is 16.3. The Morgan fingerprint density at radius 2 is 1.85 bits per heavy atom. The van der Waals surface area contributed by atoms with Crippen LogP contribution in [0.1, 0.15) is 55.8 Å². The van der Waals surface area contributed by atoms with Crippen LogP contribution in [0, 0.1) is 0 Å². The first-order valence-electron chi connectivity index (χ1n) is 7.23. The van der Waals surface area contributed by atoms with Crippen molar-refractivity contribution in [2.24, 2.45) is 0 Å². The summed E-state index contributed by atoms with van der Waals surface area (Å²) in [6.07, 6.45) is 7.21. The largest absolute Gasteiger partial charge is 0.507 e. The average molecular weight is 280 g/mol. The van der Waals surface area contributed by atoms with Gasteiger partial charge in [-0.05, 0) is 24.6 Å². The summed E-state index contributed by atoms with van der Waals surface area (Å²) in [6.45, 7) is 2.82. The minimum Gasteiger partial charge on any atom is -0.507 e. The normalized spacial score (nSPS) is 10.3. The van der Waals surface area contributed by atoms with Gasteiger partial charge in [-0.15, -0.1) is 0 Å². The van der Waals surface area contributed by atoms with E-state index in [0.717, 1.165) is 12.8 Å². The topological polar surface area (TPSA) is 55.8 Å². The van der Waals surface area contributed by atoms with E-state index < -0.39 is 5.97 Å². The highest BCUT2D eigenvalue weighted by atomic mass is 16.5. The van der Waals surface area contributed by atoms with Gasteiger partial charge in [0.1, 0.15) is 17.1 Å². The van der Waals surface area contributed by atoms with Gasteiger partial charge in [-0.1, -0.05) is 39.0 Å². The first-order valence-corrected chi connectivity index (χ1v) is 7.23. The fourth-order valence-corrected chi connectivity index (χ4v) is 1.95. The van der Waals surface area contributed by atoms with Crippen LogP contribution in [0.5, 0.6) is 11.5 Å². The molecule has 0 heterocycles. The lowest BCUT2D eigenvalue weighted by Gasteiger charge is -2.08. The average Bonchev–Trinajstić information content (AvgIpc) is 2.47. The molecule has 1 N–H and O–H groups in total. The highest BCUT2D eigenvalue weighted by Gasteiger charge is 2.12. The Labute approximate surface area is 120 Å². The molecule has 0 aliphatic carbocycles. The molecule has 0 saturated carbocycles. The van der Waals surface area contributed by atoms with Crippen LogP contribution >= 0.6 is 0 Å². The fourth-order valence-electron chi connectivity index (χ4n) is 1.95. The van der Waals surface area contributed by atoms with Crippen LogP contribution in [0.4, 0.5) is 0 Å². The number of hydrogen-bond acceptors (Lipinski definition) is 4. The van der Waals surface area contributed by atoms with Gasteiger partial charge < -0.3 is 14.6 Å². The molecule has 0 aromatic heterocycles. The predicted molar refractivity (Wildman–Crippen MR) is 78.3 cm³/mol. The number of aromatic hydroxyl groups is 1. The molecule has 0 radical (unpaired) electrons. The quantitative estimate of drug-likeness (QED) is 0.550. The first-order chi connectivity index (χ1) is 9.69. The number of esters is 1. The Morgan fingerprint density at radius 1 is 1.15 bits per heavy atom. The van der Waals surface area contributed by atoms with Gasteiger partial charge in [0.25, 0.3) is 0 Å². The maximum Gasteiger partial charge on any atom is 0.341 e. The molecule has 1 aromatic carbocycles. The van der Waals surface area contributed by atoms with Gasteiger partial charge in [0.2, 0.25) is 0 Å². The Morgan fingerprint density at radius 3 is 2.55 bits per heavy atom. The van der Waals surface area contributed by atoms with E-state index in [-0.39, 0.29) is 11.3 Å². The van der Waals surface area contributed by atoms with E-state index in [1.807, 2.05) is 0 Å². The third-order valence-electron chi connectivity index (χ3n) is 3.14. The molecule has 1 rings (SSSR count). The Kier molecular flexibility index (Phi) is 7.55. The van der Waals surface area contributed by atoms with Gasteiger partial charge in [0.05, 0.1) is 13.7 Å². The second-order valence-corrected chi connectivity index (χ2v) is 4.79. The molecule has 0 atom stereocenters. The van der Waals surface area contributed by atoms with Gasteiger partial charge in [-0.25, -0.2) is 4.79 Å². The molecule has 20 heavy (non-hydrogen) atoms. The van der Waals surface area contributed by atoms with E-state index in [1.54, 1.807) is 6.07 Å². The fraction of sp³-hybridized carbons (Fsp3) is 0.562. The lowest BCUT2D eigenvalue weighted by molar-refractivity contribution is 0.0597. The molecule has 0 unspecified atom stereocenters. The van der Waals surface area contributed by atoms with E-state index in [0.29, 0.717) is 12.4 Å². The monoisotopic (exact) mass is 280 g/mol. The number of hydrogen-bond donors (Lipinski definition) is 1. The summed E-state index contributed by atoms with van der Waals surface area (Å²) < 4.78 is 10.2. The number of carbonyl (C=O) groups is 1. The number of ether oxygens (including phenoxy) is 2. The number of unbranched alkanes of at least 4 members (excludes halogenated alkanes) is 5. The number of phenols is 1. The van der Waals surface area contributed by atoms with Crippen molar-refractivity contribution in [3.05, 3.63) is 23.8 Å². The van der Waals surface area contributed by atoms with Crippen LogP contribution in [0.25, 0.3) is 0 Å². The highest BCUT2D eigenvalue weighted by Crippen LogP contribution is 2.23. The lowest BCUT2D eigenvalue weighted by Crippen LogP contribution is -2.03. The van der Waals surface area contributed by atoms with E-state index in [4.69, 9.17) is 4.74 Å². The standard InChI is InChI=1S/C16H24O4/c1-3-4-5-6-7-8-11-20-13-9-10-15(17)14(12-13)16(18)19-2/h9-10,12,17H,3-8,11H2,1-2H3. The summed E-state index contributed by atoms with van der Waals surface area (Å²) >= 11 is 0. The summed E-state index contributed by atoms with van der Waals surface area (Å²) in [7, 11) is 1.28. The number of phenolic OH excluding ortho intramolecular Hbond substituents is 1. The molecule has 0 fully saturated rings. The van der Waals surface area contributed by atoms with Crippen molar-refractivity contribution in [1.29, 1.82) is 0 Å². The number of benzene rings is 1. The lowest BCUT2D eigenvalue weighted by atomic mass is 10.1. The van der Waals surface area contributed by atoms with Gasteiger partial charge in [-0.2, -0.15) is 0 Å². The molecule has 0 saturated heterocycles. The molecule has 0 spiro atoms. The van der Waals surface area contributed by atoms with Crippen LogP contribution in [0.15, 0.2) is 18.2 Å². The molecule has 0 aliphatic rings. The van der Waals surface area contributed by atoms with Crippen LogP contribution < -0.4 is 4.74 Å². The van der Waals surface area contributed by atoms with E-state index in [9.17, 15) is 9.90 Å². The highest BCUT2D eigenvalue weighted by molar-refractivity contribution is 5.92. The molecular formula is C16H24O4. The van der Waals surface area contributed by atoms with E-state index >= 15 is 0 Å². The second-order valence-electron chi connectivity index (χ2n) is 4.79. The van der Waals surface area contributed by atoms with Crippen LogP contribution in [-0.4, -0.2) is 24.8 Å². The number of methoxy groups -OCH3 is 1. The van der Waals surface area contributed by atoms with Crippen molar-refractivity contribution < 1.29 is 19.4 Å². The zero-order chi connectivity index (χ0) is 14.8. The Bertz CT molecular complexity index is 415. The molecule has 4 heteroatoms. The molecule has 112 valence electrons. The summed E-state index contributed by atoms with van der Waals surface area (Å²) in [5, 5.41) is 9.57. The van der Waals surface area contributed by atoms with E-state index in [2.05, 4.69) is 11.7 Å². The predicted octanol–water partition coefficient (Wildman–Crippen LogP) is 3.92. The summed E-state index contributed by atoms with van der Waals surface area (Å²) in [6, 6.07) is 4.61. The maximum atomic E-state index is 11.4. The molecule has 0 amide bonds. The van der Waals surface area contributed by atoms with Crippen LogP contribution in [0.3, 0.4) is 0 Å². The van der Waals surface area contributed by atoms with Crippen molar-refractivity contribution in [3.8, 4) is 11.5 Å². The third kappa shape index (κ3) is 5.51. The van der Waals surface area contributed by atoms with E-state index in [1.165, 1.54) is 44.9 Å². The van der Waals surface area contributed by atoms with Crippen molar-refractivity contribution in [3.63, 3.8) is 0 Å². The van der Waals surface area contributed by atoms with Gasteiger partial charge in [0.15, 0.2) is 0 Å². The van der Waals surface area contributed by atoms with Gasteiger partial charge in [0, 0.05) is 0 Å². The van der Waals surface area contributed by atoms with Crippen molar-refractivity contribution in [1.82, 2.24) is 0 Å². The minimum atomic E-state index is -0.562. The molecule has 4 nitrogen and oxygen atoms in total. The van der Waals surface area contributed by atoms with Crippen molar-refractivity contribution in [2.45, 2.75) is 45.4 Å². The molecular weight excluding hydrogens is 256 g/mol. The van der Waals surface area contributed by atoms with Gasteiger partial charge in [-0.3, -0.25) is 0 Å². The smallest absolute Gasteiger partial charge is 0.341 e. The maximum absolute atomic E-state index is 11.4. The zero-order valence-corrected chi connectivity index (χ0v) is 12.4. The summed E-state index contributed by atoms with van der Waals surface area (Å²) in [5.74, 6) is -0.0759.